The predicted molar refractivity (Wildman–Crippen MR) is 62.8 cm³/mol. The number of ether oxygens (including phenoxy) is 1. The fraction of sp³-hybridized carbons (Fsp3) is 0.400. The summed E-state index contributed by atoms with van der Waals surface area (Å²) in [6.45, 7) is 0. The van der Waals surface area contributed by atoms with E-state index >= 15 is 0 Å². The Bertz CT molecular complexity index is 274. The summed E-state index contributed by atoms with van der Waals surface area (Å²) in [6, 6.07) is 6.14. The molecule has 0 aliphatic rings. The molecule has 0 atom stereocenters. The van der Waals surface area contributed by atoms with Gasteiger partial charge in [0.1, 0.15) is 5.75 Å². The Labute approximate surface area is 95.7 Å². The number of rotatable bonds is 4. The lowest BCUT2D eigenvalue weighted by molar-refractivity contribution is 0.407. The van der Waals surface area contributed by atoms with E-state index in [4.69, 9.17) is 4.74 Å². The van der Waals surface area contributed by atoms with Gasteiger partial charge < -0.3 is 4.74 Å². The van der Waals surface area contributed by atoms with Crippen molar-refractivity contribution in [3.63, 3.8) is 0 Å². The van der Waals surface area contributed by atoms with Crippen LogP contribution in [0.2, 0.25) is 0 Å². The molecule has 1 nitrogen and oxygen atoms in total. The highest BCUT2D eigenvalue weighted by atomic mass is 79.9. The first kappa shape index (κ1) is 11.1. The summed E-state index contributed by atoms with van der Waals surface area (Å²) in [5.74, 6) is 0.962. The molecule has 3 heteroatoms. The van der Waals surface area contributed by atoms with E-state index in [1.165, 1.54) is 5.56 Å². The summed E-state index contributed by atoms with van der Waals surface area (Å²) in [4.78, 5) is 0. The Morgan fingerprint density at radius 1 is 1.38 bits per heavy atom. The first-order valence-corrected chi connectivity index (χ1v) is 6.08. The lowest BCUT2D eigenvalue weighted by Gasteiger charge is -2.09. The highest BCUT2D eigenvalue weighted by Crippen LogP contribution is 2.29. The van der Waals surface area contributed by atoms with Crippen molar-refractivity contribution in [2.24, 2.45) is 0 Å². The average molecular weight is 308 g/mol. The molecule has 0 aliphatic heterocycles. The molecule has 0 aromatic heterocycles. The Kier molecular flexibility index (Phi) is 4.81. The van der Waals surface area contributed by atoms with E-state index in [9.17, 15) is 0 Å². The molecule has 0 spiro atoms. The Balaban J connectivity index is 2.85. The summed E-state index contributed by atoms with van der Waals surface area (Å²) in [5.41, 5.74) is 1.26. The van der Waals surface area contributed by atoms with Gasteiger partial charge in [0.15, 0.2) is 0 Å². The first-order valence-electron chi connectivity index (χ1n) is 4.17. The smallest absolute Gasteiger partial charge is 0.136 e. The van der Waals surface area contributed by atoms with E-state index in [0.29, 0.717) is 0 Å². The third kappa shape index (κ3) is 2.99. The average Bonchev–Trinajstić information content (AvgIpc) is 2.15. The van der Waals surface area contributed by atoms with E-state index < -0.39 is 0 Å². The minimum atomic E-state index is 0.962. The summed E-state index contributed by atoms with van der Waals surface area (Å²) >= 11 is 6.88. The van der Waals surface area contributed by atoms with Crippen molar-refractivity contribution in [1.82, 2.24) is 0 Å². The van der Waals surface area contributed by atoms with Crippen LogP contribution in [0.15, 0.2) is 22.7 Å². The maximum absolute atomic E-state index is 5.31. The van der Waals surface area contributed by atoms with Gasteiger partial charge in [-0.25, -0.2) is 0 Å². The maximum atomic E-state index is 5.31. The van der Waals surface area contributed by atoms with Crippen molar-refractivity contribution in [2.45, 2.75) is 12.8 Å². The normalized spacial score (nSPS) is 10.1. The highest BCUT2D eigenvalue weighted by molar-refractivity contribution is 9.10. The third-order valence-electron chi connectivity index (χ3n) is 1.83. The van der Waals surface area contributed by atoms with Crippen LogP contribution in [0.5, 0.6) is 5.75 Å². The van der Waals surface area contributed by atoms with Crippen LogP contribution in [-0.2, 0) is 6.42 Å². The van der Waals surface area contributed by atoms with Crippen LogP contribution in [0.1, 0.15) is 12.0 Å². The number of benzene rings is 1. The Morgan fingerprint density at radius 2 is 2.15 bits per heavy atom. The molecule has 0 N–H and O–H groups in total. The molecule has 13 heavy (non-hydrogen) atoms. The summed E-state index contributed by atoms with van der Waals surface area (Å²) in [7, 11) is 1.71. The lowest BCUT2D eigenvalue weighted by Crippen LogP contribution is -1.93. The zero-order valence-corrected chi connectivity index (χ0v) is 10.7. The first-order chi connectivity index (χ1) is 6.29. The van der Waals surface area contributed by atoms with Crippen LogP contribution in [0.4, 0.5) is 0 Å². The number of para-hydroxylation sites is 1. The minimum Gasteiger partial charge on any atom is -0.495 e. The molecule has 0 radical (unpaired) electrons. The zero-order chi connectivity index (χ0) is 9.68. The number of aryl methyl sites for hydroxylation is 1. The minimum absolute atomic E-state index is 0.962. The predicted octanol–water partition coefficient (Wildman–Crippen LogP) is 3.79. The van der Waals surface area contributed by atoms with Gasteiger partial charge in [-0.2, -0.15) is 0 Å². The fourth-order valence-electron chi connectivity index (χ4n) is 1.24. The van der Waals surface area contributed by atoms with E-state index in [-0.39, 0.29) is 0 Å². The summed E-state index contributed by atoms with van der Waals surface area (Å²) in [6.07, 6.45) is 2.18. The topological polar surface area (TPSA) is 9.23 Å². The highest BCUT2D eigenvalue weighted by Gasteiger charge is 2.05. The summed E-state index contributed by atoms with van der Waals surface area (Å²) in [5, 5.41) is 1.03. The van der Waals surface area contributed by atoms with Crippen LogP contribution >= 0.6 is 31.9 Å². The molecule has 0 fully saturated rings. The van der Waals surface area contributed by atoms with Gasteiger partial charge in [0.05, 0.1) is 11.6 Å². The number of halogens is 2. The number of methoxy groups -OCH3 is 1. The van der Waals surface area contributed by atoms with Crippen molar-refractivity contribution >= 4 is 31.9 Å². The number of alkyl halides is 1. The second kappa shape index (κ2) is 5.66. The van der Waals surface area contributed by atoms with Crippen LogP contribution < -0.4 is 4.74 Å². The fourth-order valence-corrected chi connectivity index (χ4v) is 2.09. The zero-order valence-electron chi connectivity index (χ0n) is 7.52. The molecule has 0 heterocycles. The van der Waals surface area contributed by atoms with Crippen LogP contribution in [0, 0.1) is 0 Å². The van der Waals surface area contributed by atoms with Gasteiger partial charge in [-0.3, -0.25) is 0 Å². The van der Waals surface area contributed by atoms with Gasteiger partial charge in [0.2, 0.25) is 0 Å². The monoisotopic (exact) mass is 306 g/mol. The van der Waals surface area contributed by atoms with Crippen molar-refractivity contribution in [3.05, 3.63) is 28.2 Å². The van der Waals surface area contributed by atoms with E-state index in [1.807, 2.05) is 12.1 Å². The van der Waals surface area contributed by atoms with Crippen LogP contribution in [0.3, 0.4) is 0 Å². The molecule has 1 rings (SSSR count). The SMILES string of the molecule is COc1c(Br)cccc1CCCBr. The van der Waals surface area contributed by atoms with Crippen molar-refractivity contribution in [1.29, 1.82) is 0 Å². The molecule has 0 unspecified atom stereocenters. The van der Waals surface area contributed by atoms with Gasteiger partial charge in [-0.05, 0) is 40.4 Å². The van der Waals surface area contributed by atoms with Crippen molar-refractivity contribution in [2.75, 3.05) is 12.4 Å². The maximum Gasteiger partial charge on any atom is 0.136 e. The van der Waals surface area contributed by atoms with Gasteiger partial charge >= 0.3 is 0 Å². The van der Waals surface area contributed by atoms with Gasteiger partial charge in [0, 0.05) is 5.33 Å². The lowest BCUT2D eigenvalue weighted by atomic mass is 10.1. The van der Waals surface area contributed by atoms with Gasteiger partial charge in [-0.15, -0.1) is 0 Å². The summed E-state index contributed by atoms with van der Waals surface area (Å²) < 4.78 is 6.34. The largest absolute Gasteiger partial charge is 0.495 e. The van der Waals surface area contributed by atoms with Gasteiger partial charge in [-0.1, -0.05) is 28.1 Å². The van der Waals surface area contributed by atoms with E-state index in [2.05, 4.69) is 37.9 Å². The molecule has 0 saturated carbocycles. The molecule has 0 aliphatic carbocycles. The second-order valence-electron chi connectivity index (χ2n) is 2.72. The second-order valence-corrected chi connectivity index (χ2v) is 4.37. The molecular formula is C10H12Br2O. The Morgan fingerprint density at radius 3 is 2.77 bits per heavy atom. The van der Waals surface area contributed by atoms with Crippen molar-refractivity contribution < 1.29 is 4.74 Å². The Hall–Kier alpha value is -0.0200. The molecule has 72 valence electrons. The molecule has 1 aromatic carbocycles. The van der Waals surface area contributed by atoms with Crippen molar-refractivity contribution in [3.8, 4) is 5.75 Å². The molecule has 0 bridgehead atoms. The van der Waals surface area contributed by atoms with Crippen LogP contribution in [0.25, 0.3) is 0 Å². The molecule has 1 aromatic rings. The van der Waals surface area contributed by atoms with Crippen LogP contribution in [-0.4, -0.2) is 12.4 Å². The number of hydrogen-bond donors (Lipinski definition) is 0. The van der Waals surface area contributed by atoms with E-state index in [1.54, 1.807) is 7.11 Å². The van der Waals surface area contributed by atoms with E-state index in [0.717, 1.165) is 28.4 Å². The molecule has 0 amide bonds. The van der Waals surface area contributed by atoms with Gasteiger partial charge in [0.25, 0.3) is 0 Å². The molecular weight excluding hydrogens is 296 g/mol. The standard InChI is InChI=1S/C10H12Br2O/c1-13-10-8(5-3-7-11)4-2-6-9(10)12/h2,4,6H,3,5,7H2,1H3. The number of hydrogen-bond acceptors (Lipinski definition) is 1. The quantitative estimate of drug-likeness (QED) is 0.769. The third-order valence-corrected chi connectivity index (χ3v) is 3.02. The molecule has 0 saturated heterocycles.